The molecule has 0 unspecified atom stereocenters. The van der Waals surface area contributed by atoms with Crippen LogP contribution in [0.5, 0.6) is 0 Å². The molecule has 11 heteroatoms. The van der Waals surface area contributed by atoms with E-state index >= 15 is 0 Å². The number of ether oxygens (including phenoxy) is 4. The molecule has 0 spiro atoms. The predicted molar refractivity (Wildman–Crippen MR) is 106 cm³/mol. The highest BCUT2D eigenvalue weighted by Crippen LogP contribution is 2.37. The average Bonchev–Trinajstić information content (AvgIpc) is 2.66. The van der Waals surface area contributed by atoms with E-state index in [2.05, 4.69) is 10.0 Å². The van der Waals surface area contributed by atoms with Gasteiger partial charge < -0.3 is 18.9 Å². The summed E-state index contributed by atoms with van der Waals surface area (Å²) in [4.78, 5) is 38.4. The minimum Gasteiger partial charge on any atom is -0.463 e. The SMILES string of the molecule is CC(=O)OC[C@H]1O[C@H](Sc2ccc(C)cc2)[C@H](N=[N+]=[N-])[C@@H](OC(C)=O)[C@H]1OC(C)=O. The first-order valence-electron chi connectivity index (χ1n) is 9.12. The van der Waals surface area contributed by atoms with Crippen LogP contribution in [0, 0.1) is 6.92 Å². The molecule has 1 aromatic rings. The molecule has 0 amide bonds. The molecule has 5 atom stereocenters. The summed E-state index contributed by atoms with van der Waals surface area (Å²) in [5.41, 5.74) is 9.35. The van der Waals surface area contributed by atoms with Crippen LogP contribution in [-0.4, -0.2) is 54.3 Å². The summed E-state index contributed by atoms with van der Waals surface area (Å²) in [5.74, 6) is -1.86. The standard InChI is InChI=1S/C19H23N3O7S/c1-10-5-7-14(8-6-10)30-19-16(21-22-20)18(28-13(4)25)17(27-12(3)24)15(29-19)9-26-11(2)23/h5-8,15-19H,9H2,1-4H3/t15-,16-,17+,18-,19-/m1/s1. The molecule has 1 saturated heterocycles. The molecule has 0 bridgehead atoms. The van der Waals surface area contributed by atoms with Crippen molar-refractivity contribution in [3.63, 3.8) is 0 Å². The fourth-order valence-electron chi connectivity index (χ4n) is 2.92. The van der Waals surface area contributed by atoms with Crippen molar-refractivity contribution in [1.29, 1.82) is 0 Å². The van der Waals surface area contributed by atoms with Crippen LogP contribution in [0.15, 0.2) is 34.3 Å². The minimum absolute atomic E-state index is 0.237. The molecule has 1 aliphatic heterocycles. The first-order chi connectivity index (χ1) is 14.2. The highest BCUT2D eigenvalue weighted by Gasteiger charge is 2.50. The first kappa shape index (κ1) is 23.5. The summed E-state index contributed by atoms with van der Waals surface area (Å²) in [6.45, 7) is 5.32. The normalized spacial score (nSPS) is 25.5. The van der Waals surface area contributed by atoms with E-state index in [0.717, 1.165) is 10.5 Å². The Kier molecular flexibility index (Phi) is 8.52. The van der Waals surface area contributed by atoms with Crippen molar-refractivity contribution < 1.29 is 33.3 Å². The lowest BCUT2D eigenvalue weighted by atomic mass is 9.98. The van der Waals surface area contributed by atoms with Crippen LogP contribution in [0.1, 0.15) is 26.3 Å². The number of thioether (sulfide) groups is 1. The lowest BCUT2D eigenvalue weighted by molar-refractivity contribution is -0.208. The van der Waals surface area contributed by atoms with Gasteiger partial charge in [0.05, 0.1) is 0 Å². The van der Waals surface area contributed by atoms with Crippen molar-refractivity contribution in [1.82, 2.24) is 0 Å². The number of benzene rings is 1. The molecule has 1 heterocycles. The molecule has 1 aliphatic rings. The number of rotatable bonds is 7. The fourth-order valence-corrected chi connectivity index (χ4v) is 4.02. The third kappa shape index (κ3) is 6.65. The smallest absolute Gasteiger partial charge is 0.303 e. The largest absolute Gasteiger partial charge is 0.463 e. The molecule has 2 rings (SSSR count). The van der Waals surface area contributed by atoms with E-state index in [0.29, 0.717) is 0 Å². The van der Waals surface area contributed by atoms with E-state index in [-0.39, 0.29) is 6.61 Å². The van der Waals surface area contributed by atoms with E-state index in [1.807, 2.05) is 31.2 Å². The topological polar surface area (TPSA) is 137 Å². The van der Waals surface area contributed by atoms with Gasteiger partial charge in [0, 0.05) is 30.6 Å². The van der Waals surface area contributed by atoms with Crippen LogP contribution in [0.25, 0.3) is 10.4 Å². The summed E-state index contributed by atoms with van der Waals surface area (Å²) in [6, 6.07) is 6.57. The van der Waals surface area contributed by atoms with Crippen molar-refractivity contribution in [3.05, 3.63) is 40.3 Å². The zero-order valence-electron chi connectivity index (χ0n) is 17.0. The van der Waals surface area contributed by atoms with Crippen LogP contribution >= 0.6 is 11.8 Å². The van der Waals surface area contributed by atoms with Crippen LogP contribution < -0.4 is 0 Å². The van der Waals surface area contributed by atoms with E-state index in [1.165, 1.54) is 32.5 Å². The van der Waals surface area contributed by atoms with Crippen molar-refractivity contribution in [3.8, 4) is 0 Å². The molecule has 10 nitrogen and oxygen atoms in total. The molecule has 0 saturated carbocycles. The molecule has 162 valence electrons. The molecule has 1 aromatic carbocycles. The number of nitrogens with zero attached hydrogens (tertiary/aromatic N) is 3. The van der Waals surface area contributed by atoms with Gasteiger partial charge in [-0.15, -0.1) is 0 Å². The Labute approximate surface area is 177 Å². The number of hydrogen-bond donors (Lipinski definition) is 0. The van der Waals surface area contributed by atoms with Gasteiger partial charge >= 0.3 is 17.9 Å². The second-order valence-electron chi connectivity index (χ2n) is 6.62. The highest BCUT2D eigenvalue weighted by molar-refractivity contribution is 7.99. The Morgan fingerprint density at radius 3 is 2.20 bits per heavy atom. The van der Waals surface area contributed by atoms with Crippen LogP contribution in [0.4, 0.5) is 0 Å². The molecule has 0 aromatic heterocycles. The third-order valence-electron chi connectivity index (χ3n) is 4.13. The maximum Gasteiger partial charge on any atom is 0.303 e. The maximum absolute atomic E-state index is 11.7. The lowest BCUT2D eigenvalue weighted by Gasteiger charge is -2.43. The van der Waals surface area contributed by atoms with E-state index in [4.69, 9.17) is 24.5 Å². The van der Waals surface area contributed by atoms with Gasteiger partial charge in [0.25, 0.3) is 0 Å². The van der Waals surface area contributed by atoms with Crippen LogP contribution in [0.2, 0.25) is 0 Å². The summed E-state index contributed by atoms with van der Waals surface area (Å²) < 4.78 is 21.8. The Morgan fingerprint density at radius 1 is 1.07 bits per heavy atom. The molecular formula is C19H23N3O7S. The predicted octanol–water partition coefficient (Wildman–Crippen LogP) is 2.92. The number of carbonyl (C=O) groups excluding carboxylic acids is 3. The zero-order valence-corrected chi connectivity index (χ0v) is 17.8. The van der Waals surface area contributed by atoms with Crippen LogP contribution in [0.3, 0.4) is 0 Å². The number of carbonyl (C=O) groups is 3. The number of hydrogen-bond acceptors (Lipinski definition) is 9. The fraction of sp³-hybridized carbons (Fsp3) is 0.526. The van der Waals surface area contributed by atoms with Gasteiger partial charge in [-0.2, -0.15) is 0 Å². The molecule has 0 radical (unpaired) electrons. The average molecular weight is 437 g/mol. The molecule has 0 N–H and O–H groups in total. The summed E-state index contributed by atoms with van der Waals surface area (Å²) in [7, 11) is 0. The van der Waals surface area contributed by atoms with Crippen molar-refractivity contribution in [2.24, 2.45) is 5.11 Å². The van der Waals surface area contributed by atoms with E-state index in [9.17, 15) is 14.4 Å². The van der Waals surface area contributed by atoms with E-state index in [1.54, 1.807) is 0 Å². The van der Waals surface area contributed by atoms with E-state index < -0.39 is 47.7 Å². The number of azide groups is 1. The Hall–Kier alpha value is -2.75. The van der Waals surface area contributed by atoms with Crippen molar-refractivity contribution in [2.45, 2.75) is 62.4 Å². The zero-order chi connectivity index (χ0) is 22.3. The molecule has 0 aliphatic carbocycles. The third-order valence-corrected chi connectivity index (χ3v) is 5.29. The minimum atomic E-state index is -1.13. The second-order valence-corrected chi connectivity index (χ2v) is 7.79. The Balaban J connectivity index is 2.41. The summed E-state index contributed by atoms with van der Waals surface area (Å²) >= 11 is 1.25. The van der Waals surface area contributed by atoms with Gasteiger partial charge in [-0.05, 0) is 24.6 Å². The Bertz CT molecular complexity index is 826. The van der Waals surface area contributed by atoms with Gasteiger partial charge in [-0.3, -0.25) is 14.4 Å². The van der Waals surface area contributed by atoms with Gasteiger partial charge in [-0.25, -0.2) is 0 Å². The number of esters is 3. The summed E-state index contributed by atoms with van der Waals surface area (Å²) in [5, 5.41) is 3.76. The van der Waals surface area contributed by atoms with Crippen molar-refractivity contribution in [2.75, 3.05) is 6.61 Å². The van der Waals surface area contributed by atoms with Gasteiger partial charge in [0.2, 0.25) is 0 Å². The quantitative estimate of drug-likeness (QED) is 0.209. The van der Waals surface area contributed by atoms with Crippen LogP contribution in [-0.2, 0) is 33.3 Å². The monoisotopic (exact) mass is 437 g/mol. The second kappa shape index (κ2) is 10.9. The Morgan fingerprint density at radius 2 is 1.67 bits per heavy atom. The maximum atomic E-state index is 11.7. The lowest BCUT2D eigenvalue weighted by Crippen LogP contribution is -2.59. The first-order valence-corrected chi connectivity index (χ1v) is 10.00. The van der Waals surface area contributed by atoms with Gasteiger partial charge in [0.1, 0.15) is 24.2 Å². The summed E-state index contributed by atoms with van der Waals surface area (Å²) in [6.07, 6.45) is -3.19. The van der Waals surface area contributed by atoms with Crippen molar-refractivity contribution >= 4 is 29.7 Å². The molecular weight excluding hydrogens is 414 g/mol. The highest BCUT2D eigenvalue weighted by atomic mass is 32.2. The van der Waals surface area contributed by atoms with Gasteiger partial charge in [-0.1, -0.05) is 34.6 Å². The molecule has 1 fully saturated rings. The molecule has 30 heavy (non-hydrogen) atoms. The van der Waals surface area contributed by atoms with Gasteiger partial charge in [0.15, 0.2) is 12.2 Å². The number of aryl methyl sites for hydroxylation is 1.